The van der Waals surface area contributed by atoms with E-state index in [1.165, 1.54) is 24.3 Å². The number of guanidine groups is 1. The number of nitrogens with two attached hydrogens (primary N) is 8. The molecule has 0 aliphatic rings. The van der Waals surface area contributed by atoms with Crippen molar-refractivity contribution in [3.63, 3.8) is 0 Å². The van der Waals surface area contributed by atoms with Crippen LogP contribution in [0.5, 0.6) is 5.75 Å². The summed E-state index contributed by atoms with van der Waals surface area (Å²) in [5.41, 5.74) is 48.8. The van der Waals surface area contributed by atoms with Crippen molar-refractivity contribution in [3.8, 4) is 5.75 Å². The van der Waals surface area contributed by atoms with E-state index in [1.807, 2.05) is 32.0 Å². The van der Waals surface area contributed by atoms with E-state index in [2.05, 4.69) is 63.1 Å². The highest BCUT2D eigenvalue weighted by Crippen LogP contribution is 2.21. The first-order valence-electron chi connectivity index (χ1n) is 36.7. The number of nitrogens with one attached hydrogen (secondary N) is 11. The van der Waals surface area contributed by atoms with Crippen molar-refractivity contribution < 1.29 is 63.0 Å². The van der Waals surface area contributed by atoms with Crippen LogP contribution in [0.15, 0.2) is 90.1 Å². The second kappa shape index (κ2) is 49.1. The van der Waals surface area contributed by atoms with E-state index in [4.69, 9.17) is 45.9 Å². The quantitative estimate of drug-likeness (QED) is 0.0136. The first kappa shape index (κ1) is 88.6. The minimum Gasteiger partial charge on any atom is -0.508 e. The molecule has 0 radical (unpaired) electrons. The number of fused-ring (bicyclic) bond motifs is 1. The number of amides is 10. The number of phenols is 1. The van der Waals surface area contributed by atoms with Gasteiger partial charge in [0.15, 0.2) is 5.96 Å². The SMILES string of the molecule is CC(C)C[C@H](NC(=O)[C@H](CCCN=C(N)N)NC(=O)[C@@H](N)CCCCN)C(=O)N[C@@H](CCCCN)C(=O)N[C@@H](Cc1c[nH]c2ccccc12)C(=O)N[C@@H](CCCCN)C(=O)N[C@@H](Cc1ccc(O)cc1)C(=O)N[C@@H](CCCCN)C(=O)NCC(=O)N[C@@H](CCCCN)C(=O)N[C@@H](Cc1ccccc1)C(=O)O. The summed E-state index contributed by atoms with van der Waals surface area (Å²) in [7, 11) is 0. The third-order valence-electron chi connectivity index (χ3n) is 17.6. The fraction of sp³-hybridized carbons (Fsp3) is 0.562. The number of aromatic nitrogens is 1. The van der Waals surface area contributed by atoms with Crippen molar-refractivity contribution in [1.82, 2.24) is 58.2 Å². The zero-order chi connectivity index (χ0) is 77.9. The zero-order valence-corrected chi connectivity index (χ0v) is 61.2. The highest BCUT2D eigenvalue weighted by Gasteiger charge is 2.36. The van der Waals surface area contributed by atoms with Crippen LogP contribution < -0.4 is 99.0 Å². The van der Waals surface area contributed by atoms with Gasteiger partial charge in [-0.15, -0.1) is 0 Å². The van der Waals surface area contributed by atoms with Crippen LogP contribution in [-0.4, -0.2) is 192 Å². The maximum atomic E-state index is 15.2. The maximum absolute atomic E-state index is 15.2. The van der Waals surface area contributed by atoms with Crippen LogP contribution >= 0.6 is 0 Å². The number of aromatic amines is 1. The summed E-state index contributed by atoms with van der Waals surface area (Å²) in [6.45, 7) is 4.46. The number of carbonyl (C=O) groups excluding carboxylic acids is 10. The van der Waals surface area contributed by atoms with Gasteiger partial charge in [-0.3, -0.25) is 52.9 Å². The molecule has 586 valence electrons. The molecule has 0 aliphatic carbocycles. The van der Waals surface area contributed by atoms with Crippen molar-refractivity contribution >= 4 is 81.9 Å². The molecule has 0 saturated carbocycles. The van der Waals surface area contributed by atoms with Gasteiger partial charge < -0.3 is 114 Å². The molecule has 33 heteroatoms. The molecule has 10 atom stereocenters. The second-order valence-electron chi connectivity index (χ2n) is 26.9. The predicted octanol–water partition coefficient (Wildman–Crippen LogP) is -1.46. The maximum Gasteiger partial charge on any atom is 0.326 e. The lowest BCUT2D eigenvalue weighted by Gasteiger charge is -2.28. The molecule has 0 bridgehead atoms. The average Bonchev–Trinajstić information content (AvgIpc) is 1.66. The molecule has 10 amide bonds. The summed E-state index contributed by atoms with van der Waals surface area (Å²) in [4.78, 5) is 163. The topological polar surface area (TPSA) is 585 Å². The van der Waals surface area contributed by atoms with E-state index in [1.54, 1.807) is 42.6 Å². The third kappa shape index (κ3) is 33.1. The number of para-hydroxylation sites is 1. The molecule has 29 N–H and O–H groups in total. The fourth-order valence-electron chi connectivity index (χ4n) is 11.7. The molecule has 0 unspecified atom stereocenters. The molecular formula is C73H116N20O13. The number of hydrogen-bond donors (Lipinski definition) is 21. The molecule has 1 heterocycles. The van der Waals surface area contributed by atoms with Gasteiger partial charge in [0.1, 0.15) is 60.1 Å². The predicted molar refractivity (Wildman–Crippen MR) is 404 cm³/mol. The van der Waals surface area contributed by atoms with Gasteiger partial charge in [-0.05, 0) is 183 Å². The van der Waals surface area contributed by atoms with E-state index < -0.39 is 132 Å². The summed E-state index contributed by atoms with van der Waals surface area (Å²) in [6, 6.07) is 8.71. The Morgan fingerprint density at radius 3 is 1.30 bits per heavy atom. The summed E-state index contributed by atoms with van der Waals surface area (Å²) in [6.07, 6.45) is 6.28. The van der Waals surface area contributed by atoms with E-state index in [-0.39, 0.29) is 121 Å². The van der Waals surface area contributed by atoms with E-state index in [9.17, 15) is 48.6 Å². The molecule has 4 aromatic rings. The van der Waals surface area contributed by atoms with Gasteiger partial charge in [-0.2, -0.15) is 0 Å². The molecule has 0 spiro atoms. The molecule has 0 fully saturated rings. The number of rotatable bonds is 53. The molecule has 33 nitrogen and oxygen atoms in total. The van der Waals surface area contributed by atoms with E-state index >= 15 is 14.4 Å². The largest absolute Gasteiger partial charge is 0.508 e. The van der Waals surface area contributed by atoms with Crippen LogP contribution in [0.2, 0.25) is 0 Å². The van der Waals surface area contributed by atoms with Gasteiger partial charge in [0.05, 0.1) is 12.6 Å². The Morgan fingerprint density at radius 1 is 0.425 bits per heavy atom. The van der Waals surface area contributed by atoms with Crippen LogP contribution in [0.1, 0.15) is 146 Å². The number of benzene rings is 3. The van der Waals surface area contributed by atoms with Crippen LogP contribution in [0, 0.1) is 5.92 Å². The number of aliphatic carboxylic acids is 1. The number of phenolic OH excluding ortho intramolecular Hbond substituents is 1. The number of carboxylic acids is 1. The Hall–Kier alpha value is -9.80. The average molecular weight is 1480 g/mol. The van der Waals surface area contributed by atoms with Gasteiger partial charge in [-0.1, -0.05) is 80.9 Å². The third-order valence-corrected chi connectivity index (χ3v) is 17.6. The summed E-state index contributed by atoms with van der Waals surface area (Å²) < 4.78 is 0. The fourth-order valence-corrected chi connectivity index (χ4v) is 11.7. The van der Waals surface area contributed by atoms with Gasteiger partial charge in [-0.25, -0.2) is 4.79 Å². The molecular weight excluding hydrogens is 1360 g/mol. The van der Waals surface area contributed by atoms with Crippen LogP contribution in [0.4, 0.5) is 0 Å². The molecule has 1 aromatic heterocycles. The van der Waals surface area contributed by atoms with Crippen LogP contribution in [0.25, 0.3) is 10.9 Å². The standard InChI is InChI=1S/C73H116N20O13/c1-45(2)39-58(90-68(101)57(28-18-38-82-73(80)81)86-63(96)51(79)22-8-13-33-74)69(102)88-56(27-12-17-37-78)67(100)92-60(42-48-43-83-52-23-7-6-21-50(48)52)71(104)89-55(26-11-16-36-77)66(99)91-59(40-47-29-31-49(94)32-30-47)70(103)87-53(24-9-14-34-75)64(97)84-44-62(95)85-54(25-10-15-35-76)65(98)93-61(72(105)106)41-46-19-4-3-5-20-46/h3-7,19-21,23,29-32,43,45,51,53-61,83,94H,8-18,22,24-28,33-42,44,74-79H2,1-2H3,(H,84,97)(H,85,95)(H,86,96)(H,87,103)(H,88,102)(H,89,104)(H,90,101)(H,91,99)(H,92,100)(H,93,98)(H,105,106)(H4,80,81,82)/t51-,53-,54-,55-,56-,57-,58-,59-,60-,61-/m0/s1. The Morgan fingerprint density at radius 2 is 0.811 bits per heavy atom. The van der Waals surface area contributed by atoms with Crippen LogP contribution in [0.3, 0.4) is 0 Å². The highest BCUT2D eigenvalue weighted by atomic mass is 16.4. The smallest absolute Gasteiger partial charge is 0.326 e. The molecule has 4 rings (SSSR count). The molecule has 0 saturated heterocycles. The lowest BCUT2D eigenvalue weighted by Crippen LogP contribution is -2.61. The van der Waals surface area contributed by atoms with Gasteiger partial charge in [0.25, 0.3) is 0 Å². The number of carboxylic acid groups (broad SMARTS) is 1. The normalized spacial score (nSPS) is 14.0. The Balaban J connectivity index is 1.66. The van der Waals surface area contributed by atoms with E-state index in [0.717, 1.165) is 0 Å². The first-order chi connectivity index (χ1) is 50.8. The van der Waals surface area contributed by atoms with Crippen molar-refractivity contribution in [2.45, 2.75) is 209 Å². The Kier molecular flexibility index (Phi) is 41.0. The Labute approximate surface area is 619 Å². The van der Waals surface area contributed by atoms with Gasteiger partial charge >= 0.3 is 5.97 Å². The molecule has 3 aromatic carbocycles. The lowest BCUT2D eigenvalue weighted by atomic mass is 9.99. The first-order valence-corrected chi connectivity index (χ1v) is 36.7. The molecule has 0 aliphatic heterocycles. The minimum atomic E-state index is -1.48. The summed E-state index contributed by atoms with van der Waals surface area (Å²) in [5.74, 6) is -9.58. The zero-order valence-electron chi connectivity index (χ0n) is 61.2. The number of aliphatic imine (C=N–C) groups is 1. The number of H-pyrrole nitrogens is 1. The van der Waals surface area contributed by atoms with Crippen molar-refractivity contribution in [1.29, 1.82) is 0 Å². The van der Waals surface area contributed by atoms with E-state index in [0.29, 0.717) is 98.3 Å². The Bertz CT molecular complexity index is 3430. The second-order valence-corrected chi connectivity index (χ2v) is 26.9. The number of hydrogen-bond acceptors (Lipinski definition) is 19. The van der Waals surface area contributed by atoms with Gasteiger partial charge in [0, 0.05) is 42.9 Å². The summed E-state index contributed by atoms with van der Waals surface area (Å²) >= 11 is 0. The number of nitrogens with zero attached hydrogens (tertiary/aromatic N) is 1. The summed E-state index contributed by atoms with van der Waals surface area (Å²) in [5, 5.41) is 48.1. The van der Waals surface area contributed by atoms with Crippen molar-refractivity contribution in [2.24, 2.45) is 56.8 Å². The van der Waals surface area contributed by atoms with Crippen LogP contribution in [-0.2, 0) is 72.0 Å². The number of unbranched alkanes of at least 4 members (excludes halogenated alkanes) is 5. The molecule has 106 heavy (non-hydrogen) atoms. The van der Waals surface area contributed by atoms with Crippen molar-refractivity contribution in [3.05, 3.63) is 102 Å². The van der Waals surface area contributed by atoms with Gasteiger partial charge in [0.2, 0.25) is 59.1 Å². The number of carbonyl (C=O) groups is 11. The van der Waals surface area contributed by atoms with Crippen molar-refractivity contribution in [2.75, 3.05) is 45.8 Å². The monoisotopic (exact) mass is 1480 g/mol. The minimum absolute atomic E-state index is 0.00399. The lowest BCUT2D eigenvalue weighted by molar-refractivity contribution is -0.142. The highest BCUT2D eigenvalue weighted by molar-refractivity contribution is 5.99. The number of aromatic hydroxyl groups is 1.